The van der Waals surface area contributed by atoms with Gasteiger partial charge in [0.1, 0.15) is 0 Å². The van der Waals surface area contributed by atoms with Gasteiger partial charge in [0.15, 0.2) is 0 Å². The van der Waals surface area contributed by atoms with Crippen LogP contribution in [0.25, 0.3) is 11.4 Å². The molecule has 5 nitrogen and oxygen atoms in total. The quantitative estimate of drug-likeness (QED) is 0.810. The topological polar surface area (TPSA) is 59.2 Å². The molecule has 2 aliphatic rings. The highest BCUT2D eigenvalue weighted by Gasteiger charge is 2.38. The summed E-state index contributed by atoms with van der Waals surface area (Å²) in [5.74, 6) is 1.43. The third kappa shape index (κ3) is 3.32. The first kappa shape index (κ1) is 14.9. The van der Waals surface area contributed by atoms with E-state index in [4.69, 9.17) is 4.52 Å². The van der Waals surface area contributed by atoms with Crippen LogP contribution >= 0.6 is 11.3 Å². The smallest absolute Gasteiger partial charge is 0.227 e. The molecule has 2 aromatic heterocycles. The van der Waals surface area contributed by atoms with E-state index in [1.54, 1.807) is 11.3 Å². The predicted molar refractivity (Wildman–Crippen MR) is 88.1 cm³/mol. The largest absolute Gasteiger partial charge is 0.339 e. The number of hydrogen-bond donors (Lipinski definition) is 0. The van der Waals surface area contributed by atoms with Gasteiger partial charge in [-0.3, -0.25) is 4.79 Å². The standard InChI is InChI=1S/C17H21N3O2S/c21-16(20(14-5-6-14)13-3-1-2-4-13)8-7-15-18-17(19-22-15)12-9-10-23-11-12/h9-11,13-14H,1-8H2. The van der Waals surface area contributed by atoms with E-state index in [-0.39, 0.29) is 5.91 Å². The fraction of sp³-hybridized carbons (Fsp3) is 0.588. The molecule has 2 aromatic rings. The zero-order valence-electron chi connectivity index (χ0n) is 13.1. The van der Waals surface area contributed by atoms with E-state index >= 15 is 0 Å². The second-order valence-electron chi connectivity index (χ2n) is 6.49. The van der Waals surface area contributed by atoms with Crippen LogP contribution in [-0.4, -0.2) is 33.0 Å². The van der Waals surface area contributed by atoms with Crippen LogP contribution in [0.15, 0.2) is 21.3 Å². The Morgan fingerprint density at radius 2 is 2.04 bits per heavy atom. The molecule has 23 heavy (non-hydrogen) atoms. The number of carbonyl (C=O) groups excluding carboxylic acids is 1. The summed E-state index contributed by atoms with van der Waals surface area (Å²) < 4.78 is 5.29. The van der Waals surface area contributed by atoms with Crippen LogP contribution in [-0.2, 0) is 11.2 Å². The summed E-state index contributed by atoms with van der Waals surface area (Å²) in [7, 11) is 0. The van der Waals surface area contributed by atoms with Gasteiger partial charge in [0.2, 0.25) is 17.6 Å². The Morgan fingerprint density at radius 3 is 2.74 bits per heavy atom. The van der Waals surface area contributed by atoms with Crippen molar-refractivity contribution < 1.29 is 9.32 Å². The highest BCUT2D eigenvalue weighted by atomic mass is 32.1. The lowest BCUT2D eigenvalue weighted by Crippen LogP contribution is -2.40. The van der Waals surface area contributed by atoms with Crippen LogP contribution in [0.5, 0.6) is 0 Å². The molecule has 2 heterocycles. The molecule has 0 radical (unpaired) electrons. The van der Waals surface area contributed by atoms with Crippen molar-refractivity contribution in [1.29, 1.82) is 0 Å². The van der Waals surface area contributed by atoms with E-state index in [0.717, 1.165) is 5.56 Å². The first-order chi connectivity index (χ1) is 11.3. The molecule has 6 heteroatoms. The molecule has 0 aromatic carbocycles. The number of aromatic nitrogens is 2. The summed E-state index contributed by atoms with van der Waals surface area (Å²) >= 11 is 1.61. The van der Waals surface area contributed by atoms with Crippen molar-refractivity contribution >= 4 is 17.2 Å². The maximum absolute atomic E-state index is 12.7. The Hall–Kier alpha value is -1.69. The van der Waals surface area contributed by atoms with Gasteiger partial charge in [-0.25, -0.2) is 0 Å². The van der Waals surface area contributed by atoms with E-state index in [0.29, 0.717) is 36.6 Å². The molecule has 1 amide bonds. The molecule has 4 rings (SSSR count). The Kier molecular flexibility index (Phi) is 4.16. The number of amides is 1. The van der Waals surface area contributed by atoms with Gasteiger partial charge < -0.3 is 9.42 Å². The molecule has 0 spiro atoms. The van der Waals surface area contributed by atoms with Gasteiger partial charge >= 0.3 is 0 Å². The highest BCUT2D eigenvalue weighted by molar-refractivity contribution is 7.08. The summed E-state index contributed by atoms with van der Waals surface area (Å²) in [6.07, 6.45) is 8.21. The molecule has 2 aliphatic carbocycles. The lowest BCUT2D eigenvalue weighted by atomic mass is 10.1. The average molecular weight is 331 g/mol. The van der Waals surface area contributed by atoms with Crippen LogP contribution in [0.4, 0.5) is 0 Å². The lowest BCUT2D eigenvalue weighted by molar-refractivity contribution is -0.134. The molecule has 0 N–H and O–H groups in total. The Bertz CT molecular complexity index is 657. The maximum Gasteiger partial charge on any atom is 0.227 e. The summed E-state index contributed by atoms with van der Waals surface area (Å²) in [6.45, 7) is 0. The summed E-state index contributed by atoms with van der Waals surface area (Å²) in [6, 6.07) is 2.94. The second kappa shape index (κ2) is 6.43. The summed E-state index contributed by atoms with van der Waals surface area (Å²) in [4.78, 5) is 19.2. The third-order valence-electron chi connectivity index (χ3n) is 4.75. The maximum atomic E-state index is 12.7. The van der Waals surface area contributed by atoms with E-state index in [9.17, 15) is 4.79 Å². The number of nitrogens with zero attached hydrogens (tertiary/aromatic N) is 3. The Morgan fingerprint density at radius 1 is 1.26 bits per heavy atom. The number of aryl methyl sites for hydroxylation is 1. The molecule has 2 saturated carbocycles. The SMILES string of the molecule is O=C(CCc1nc(-c2ccsc2)no1)N(C1CCCC1)C1CC1. The first-order valence-electron chi connectivity index (χ1n) is 8.47. The molecular weight excluding hydrogens is 310 g/mol. The third-order valence-corrected chi connectivity index (χ3v) is 5.43. The van der Waals surface area contributed by atoms with Crippen molar-refractivity contribution in [2.24, 2.45) is 0 Å². The minimum atomic E-state index is 0.259. The zero-order chi connectivity index (χ0) is 15.6. The monoisotopic (exact) mass is 331 g/mol. The molecule has 0 bridgehead atoms. The van der Waals surface area contributed by atoms with Gasteiger partial charge in [0.25, 0.3) is 0 Å². The summed E-state index contributed by atoms with van der Waals surface area (Å²) in [5.41, 5.74) is 0.974. The molecular formula is C17H21N3O2S. The van der Waals surface area contributed by atoms with Gasteiger partial charge in [0, 0.05) is 35.9 Å². The normalized spacial score (nSPS) is 18.4. The van der Waals surface area contributed by atoms with Crippen molar-refractivity contribution in [3.63, 3.8) is 0 Å². The Balaban J connectivity index is 1.37. The number of rotatable bonds is 6. The van der Waals surface area contributed by atoms with Crippen LogP contribution in [0.2, 0.25) is 0 Å². The van der Waals surface area contributed by atoms with Gasteiger partial charge in [-0.05, 0) is 37.1 Å². The molecule has 0 atom stereocenters. The average Bonchev–Trinajstić information content (AvgIpc) is 3.05. The summed E-state index contributed by atoms with van der Waals surface area (Å²) in [5, 5.41) is 7.99. The van der Waals surface area contributed by atoms with Crippen molar-refractivity contribution in [3.05, 3.63) is 22.7 Å². The number of thiophene rings is 1. The molecule has 0 saturated heterocycles. The number of hydrogen-bond acceptors (Lipinski definition) is 5. The van der Waals surface area contributed by atoms with Gasteiger partial charge in [-0.2, -0.15) is 16.3 Å². The van der Waals surface area contributed by atoms with Crippen molar-refractivity contribution in [3.8, 4) is 11.4 Å². The molecule has 2 fully saturated rings. The highest BCUT2D eigenvalue weighted by Crippen LogP contribution is 2.35. The van der Waals surface area contributed by atoms with E-state index < -0.39 is 0 Å². The number of carbonyl (C=O) groups is 1. The van der Waals surface area contributed by atoms with Crippen LogP contribution in [0.3, 0.4) is 0 Å². The molecule has 122 valence electrons. The lowest BCUT2D eigenvalue weighted by Gasteiger charge is -2.29. The first-order valence-corrected chi connectivity index (χ1v) is 9.42. The van der Waals surface area contributed by atoms with E-state index in [2.05, 4.69) is 15.0 Å². The zero-order valence-corrected chi connectivity index (χ0v) is 13.9. The van der Waals surface area contributed by atoms with Crippen molar-refractivity contribution in [1.82, 2.24) is 15.0 Å². The Labute approximate surface area is 139 Å². The van der Waals surface area contributed by atoms with Gasteiger partial charge in [-0.15, -0.1) is 0 Å². The minimum absolute atomic E-state index is 0.259. The van der Waals surface area contributed by atoms with E-state index in [1.807, 2.05) is 16.8 Å². The van der Waals surface area contributed by atoms with Gasteiger partial charge in [0.05, 0.1) is 0 Å². The fourth-order valence-corrected chi connectivity index (χ4v) is 4.08. The van der Waals surface area contributed by atoms with Crippen LogP contribution in [0.1, 0.15) is 50.8 Å². The van der Waals surface area contributed by atoms with E-state index in [1.165, 1.54) is 38.5 Å². The predicted octanol–water partition coefficient (Wildman–Crippen LogP) is 3.66. The minimum Gasteiger partial charge on any atom is -0.339 e. The van der Waals surface area contributed by atoms with Crippen molar-refractivity contribution in [2.75, 3.05) is 0 Å². The van der Waals surface area contributed by atoms with Gasteiger partial charge in [-0.1, -0.05) is 18.0 Å². The van der Waals surface area contributed by atoms with Crippen LogP contribution in [0, 0.1) is 0 Å². The molecule has 0 unspecified atom stereocenters. The molecule has 0 aliphatic heterocycles. The second-order valence-corrected chi connectivity index (χ2v) is 7.27. The van der Waals surface area contributed by atoms with Crippen molar-refractivity contribution in [2.45, 2.75) is 63.5 Å². The van der Waals surface area contributed by atoms with Crippen LogP contribution < -0.4 is 0 Å². The fourth-order valence-electron chi connectivity index (χ4n) is 3.45.